The molecule has 1 heteroatoms. The second-order valence-electron chi connectivity index (χ2n) is 3.76. The Bertz CT molecular complexity index is 149. The van der Waals surface area contributed by atoms with Gasteiger partial charge in [-0.1, -0.05) is 25.0 Å². The summed E-state index contributed by atoms with van der Waals surface area (Å²) in [7, 11) is 0. The van der Waals surface area contributed by atoms with Gasteiger partial charge in [-0.3, -0.25) is 0 Å². The van der Waals surface area contributed by atoms with Crippen LogP contribution in [0.1, 0.15) is 39.5 Å². The summed E-state index contributed by atoms with van der Waals surface area (Å²) in [6, 6.07) is 0. The minimum atomic E-state index is 0.545. The van der Waals surface area contributed by atoms with E-state index >= 15 is 0 Å². The summed E-state index contributed by atoms with van der Waals surface area (Å²) in [5.41, 5.74) is 7.44. The van der Waals surface area contributed by atoms with Crippen LogP contribution in [0.15, 0.2) is 11.6 Å². The molecule has 11 heavy (non-hydrogen) atoms. The van der Waals surface area contributed by atoms with E-state index in [1.165, 1.54) is 31.3 Å². The van der Waals surface area contributed by atoms with E-state index in [9.17, 15) is 0 Å². The predicted octanol–water partition coefficient (Wildman–Crippen LogP) is 2.47. The Morgan fingerprint density at radius 1 is 1.55 bits per heavy atom. The Hall–Kier alpha value is -0.300. The van der Waals surface area contributed by atoms with Gasteiger partial charge in [-0.15, -0.1) is 0 Å². The smallest absolute Gasteiger partial charge is 0.0134 e. The second kappa shape index (κ2) is 3.40. The van der Waals surface area contributed by atoms with Gasteiger partial charge in [0.05, 0.1) is 0 Å². The Morgan fingerprint density at radius 2 is 2.18 bits per heavy atom. The lowest BCUT2D eigenvalue weighted by Gasteiger charge is -2.39. The molecule has 0 aliphatic heterocycles. The SMILES string of the molecule is CCC1(/C=C(/C)CN)CCC1. The van der Waals surface area contributed by atoms with Crippen LogP contribution in [0.3, 0.4) is 0 Å². The molecule has 2 N–H and O–H groups in total. The molecule has 0 spiro atoms. The van der Waals surface area contributed by atoms with Crippen LogP contribution < -0.4 is 5.73 Å². The molecule has 1 nitrogen and oxygen atoms in total. The molecule has 0 aromatic rings. The second-order valence-corrected chi connectivity index (χ2v) is 3.76. The van der Waals surface area contributed by atoms with Crippen molar-refractivity contribution in [3.8, 4) is 0 Å². The van der Waals surface area contributed by atoms with E-state index in [1.54, 1.807) is 0 Å². The molecule has 0 unspecified atom stereocenters. The largest absolute Gasteiger partial charge is 0.327 e. The Morgan fingerprint density at radius 3 is 2.45 bits per heavy atom. The van der Waals surface area contributed by atoms with Crippen LogP contribution in [0, 0.1) is 5.41 Å². The van der Waals surface area contributed by atoms with Crippen LogP contribution >= 0.6 is 0 Å². The molecule has 0 heterocycles. The van der Waals surface area contributed by atoms with Crippen LogP contribution in [0.4, 0.5) is 0 Å². The third kappa shape index (κ3) is 1.84. The number of rotatable bonds is 3. The van der Waals surface area contributed by atoms with Crippen LogP contribution in [0.5, 0.6) is 0 Å². The molecule has 0 aromatic heterocycles. The first-order valence-corrected chi connectivity index (χ1v) is 4.61. The summed E-state index contributed by atoms with van der Waals surface area (Å²) in [5.74, 6) is 0. The fraction of sp³-hybridized carbons (Fsp3) is 0.800. The van der Waals surface area contributed by atoms with Gasteiger partial charge in [-0.05, 0) is 31.6 Å². The van der Waals surface area contributed by atoms with Crippen molar-refractivity contribution >= 4 is 0 Å². The molecular formula is C10H19N. The Balaban J connectivity index is 2.56. The van der Waals surface area contributed by atoms with E-state index in [-0.39, 0.29) is 0 Å². The summed E-state index contributed by atoms with van der Waals surface area (Å²) in [5, 5.41) is 0. The highest BCUT2D eigenvalue weighted by molar-refractivity contribution is 5.11. The van der Waals surface area contributed by atoms with Gasteiger partial charge in [0.15, 0.2) is 0 Å². The maximum Gasteiger partial charge on any atom is 0.0134 e. The lowest BCUT2D eigenvalue weighted by atomic mass is 9.66. The molecule has 1 fully saturated rings. The monoisotopic (exact) mass is 153 g/mol. The van der Waals surface area contributed by atoms with Crippen LogP contribution in [-0.2, 0) is 0 Å². The summed E-state index contributed by atoms with van der Waals surface area (Å²) < 4.78 is 0. The van der Waals surface area contributed by atoms with Gasteiger partial charge < -0.3 is 5.73 Å². The highest BCUT2D eigenvalue weighted by Crippen LogP contribution is 2.45. The highest BCUT2D eigenvalue weighted by Gasteiger charge is 2.32. The number of hydrogen-bond acceptors (Lipinski definition) is 1. The van der Waals surface area contributed by atoms with Gasteiger partial charge in [0.1, 0.15) is 0 Å². The first kappa shape index (κ1) is 8.79. The third-order valence-corrected chi connectivity index (χ3v) is 2.93. The van der Waals surface area contributed by atoms with Gasteiger partial charge >= 0.3 is 0 Å². The zero-order valence-corrected chi connectivity index (χ0v) is 7.69. The van der Waals surface area contributed by atoms with Crippen molar-refractivity contribution in [1.82, 2.24) is 0 Å². The molecule has 0 saturated heterocycles. The lowest BCUT2D eigenvalue weighted by Crippen LogP contribution is -2.26. The van der Waals surface area contributed by atoms with Crippen molar-refractivity contribution in [3.05, 3.63) is 11.6 Å². The van der Waals surface area contributed by atoms with Gasteiger partial charge in [-0.2, -0.15) is 0 Å². The average molecular weight is 153 g/mol. The van der Waals surface area contributed by atoms with Crippen LogP contribution in [-0.4, -0.2) is 6.54 Å². The molecule has 0 aromatic carbocycles. The fourth-order valence-corrected chi connectivity index (χ4v) is 1.81. The van der Waals surface area contributed by atoms with Crippen molar-refractivity contribution in [1.29, 1.82) is 0 Å². The quantitative estimate of drug-likeness (QED) is 0.619. The summed E-state index contributed by atoms with van der Waals surface area (Å²) in [6.45, 7) is 5.14. The minimum absolute atomic E-state index is 0.545. The van der Waals surface area contributed by atoms with E-state index < -0.39 is 0 Å². The van der Waals surface area contributed by atoms with Crippen molar-refractivity contribution in [2.45, 2.75) is 39.5 Å². The molecule has 1 rings (SSSR count). The third-order valence-electron chi connectivity index (χ3n) is 2.93. The first-order chi connectivity index (χ1) is 5.22. The van der Waals surface area contributed by atoms with Gasteiger partial charge in [-0.25, -0.2) is 0 Å². The maximum atomic E-state index is 5.54. The zero-order chi connectivity index (χ0) is 8.32. The topological polar surface area (TPSA) is 26.0 Å². The molecule has 0 amide bonds. The standard InChI is InChI=1S/C10H19N/c1-3-10(5-4-6-10)7-9(2)8-11/h7H,3-6,8,11H2,1-2H3/b9-7-. The molecule has 0 radical (unpaired) electrons. The summed E-state index contributed by atoms with van der Waals surface area (Å²) >= 11 is 0. The number of allylic oxidation sites excluding steroid dienone is 1. The summed E-state index contributed by atoms with van der Waals surface area (Å²) in [6.07, 6.45) is 7.84. The van der Waals surface area contributed by atoms with E-state index in [1.807, 2.05) is 0 Å². The fourth-order valence-electron chi connectivity index (χ4n) is 1.81. The lowest BCUT2D eigenvalue weighted by molar-refractivity contribution is 0.195. The number of hydrogen-bond donors (Lipinski definition) is 1. The van der Waals surface area contributed by atoms with Crippen molar-refractivity contribution in [2.24, 2.45) is 11.1 Å². The normalized spacial score (nSPS) is 23.0. The van der Waals surface area contributed by atoms with E-state index in [0.29, 0.717) is 5.41 Å². The van der Waals surface area contributed by atoms with Crippen LogP contribution in [0.2, 0.25) is 0 Å². The van der Waals surface area contributed by atoms with E-state index in [4.69, 9.17) is 5.73 Å². The minimum Gasteiger partial charge on any atom is -0.327 e. The average Bonchev–Trinajstić information content (AvgIpc) is 1.96. The zero-order valence-electron chi connectivity index (χ0n) is 7.69. The molecule has 1 aliphatic carbocycles. The Labute approximate surface area is 69.7 Å². The molecular weight excluding hydrogens is 134 g/mol. The maximum absolute atomic E-state index is 5.54. The highest BCUT2D eigenvalue weighted by atomic mass is 14.5. The van der Waals surface area contributed by atoms with Crippen molar-refractivity contribution in [3.63, 3.8) is 0 Å². The van der Waals surface area contributed by atoms with Gasteiger partial charge in [0, 0.05) is 6.54 Å². The van der Waals surface area contributed by atoms with Crippen LogP contribution in [0.25, 0.3) is 0 Å². The van der Waals surface area contributed by atoms with E-state index in [2.05, 4.69) is 19.9 Å². The number of nitrogens with two attached hydrogens (primary N) is 1. The first-order valence-electron chi connectivity index (χ1n) is 4.61. The van der Waals surface area contributed by atoms with E-state index in [0.717, 1.165) is 6.54 Å². The Kier molecular flexibility index (Phi) is 2.72. The molecule has 1 aliphatic rings. The van der Waals surface area contributed by atoms with Crippen molar-refractivity contribution in [2.75, 3.05) is 6.54 Å². The molecule has 0 atom stereocenters. The molecule has 64 valence electrons. The van der Waals surface area contributed by atoms with Gasteiger partial charge in [0.2, 0.25) is 0 Å². The molecule has 1 saturated carbocycles. The predicted molar refractivity (Wildman–Crippen MR) is 49.4 cm³/mol. The van der Waals surface area contributed by atoms with Gasteiger partial charge in [0.25, 0.3) is 0 Å². The molecule has 0 bridgehead atoms. The van der Waals surface area contributed by atoms with Crippen molar-refractivity contribution < 1.29 is 0 Å². The summed E-state index contributed by atoms with van der Waals surface area (Å²) in [4.78, 5) is 0.